The average Bonchev–Trinajstić information content (AvgIpc) is 3.01. The van der Waals surface area contributed by atoms with E-state index in [1.165, 1.54) is 0 Å². The zero-order valence-corrected chi connectivity index (χ0v) is 11.6. The zero-order chi connectivity index (χ0) is 13.5. The van der Waals surface area contributed by atoms with Crippen LogP contribution in [0.4, 0.5) is 0 Å². The van der Waals surface area contributed by atoms with Crippen LogP contribution in [0.3, 0.4) is 0 Å². The topological polar surface area (TPSA) is 71.0 Å². The molecule has 4 unspecified atom stereocenters. The van der Waals surface area contributed by atoms with E-state index in [2.05, 4.69) is 5.32 Å². The molecule has 1 saturated carbocycles. The van der Waals surface area contributed by atoms with Crippen LogP contribution in [0.2, 0.25) is 0 Å². The highest BCUT2D eigenvalue weighted by Crippen LogP contribution is 2.24. The first-order chi connectivity index (χ1) is 9.24. The van der Waals surface area contributed by atoms with E-state index >= 15 is 0 Å². The first kappa shape index (κ1) is 15.2. The molecule has 112 valence electrons. The number of nitrogens with one attached hydrogen (secondary N) is 1. The van der Waals surface area contributed by atoms with Gasteiger partial charge in [0.2, 0.25) is 0 Å². The molecule has 0 aromatic rings. The van der Waals surface area contributed by atoms with Gasteiger partial charge in [0.25, 0.3) is 0 Å². The Kier molecular flexibility index (Phi) is 6.53. The lowest BCUT2D eigenvalue weighted by atomic mass is 10.1. The molecule has 3 N–H and O–H groups in total. The summed E-state index contributed by atoms with van der Waals surface area (Å²) in [6, 6.07) is 0. The van der Waals surface area contributed by atoms with Gasteiger partial charge >= 0.3 is 0 Å². The number of hydrogen-bond acceptors (Lipinski definition) is 5. The molecule has 2 aliphatic rings. The van der Waals surface area contributed by atoms with E-state index in [9.17, 15) is 10.2 Å². The van der Waals surface area contributed by atoms with Crippen molar-refractivity contribution in [1.29, 1.82) is 0 Å². The van der Waals surface area contributed by atoms with Gasteiger partial charge in [-0.1, -0.05) is 0 Å². The Bertz CT molecular complexity index is 246. The second kappa shape index (κ2) is 8.17. The fourth-order valence-corrected chi connectivity index (χ4v) is 2.86. The summed E-state index contributed by atoms with van der Waals surface area (Å²) < 4.78 is 10.9. The predicted molar refractivity (Wildman–Crippen MR) is 72.0 cm³/mol. The van der Waals surface area contributed by atoms with Crippen LogP contribution in [-0.4, -0.2) is 61.4 Å². The summed E-state index contributed by atoms with van der Waals surface area (Å²) in [4.78, 5) is 0. The maximum absolute atomic E-state index is 9.77. The lowest BCUT2D eigenvalue weighted by molar-refractivity contribution is -0.0165. The van der Waals surface area contributed by atoms with E-state index in [-0.39, 0.29) is 12.2 Å². The smallest absolute Gasteiger partial charge is 0.0897 e. The quantitative estimate of drug-likeness (QED) is 0.593. The highest BCUT2D eigenvalue weighted by atomic mass is 16.5. The van der Waals surface area contributed by atoms with Crippen molar-refractivity contribution in [3.8, 4) is 0 Å². The lowest BCUT2D eigenvalue weighted by Gasteiger charge is -2.16. The van der Waals surface area contributed by atoms with Crippen LogP contribution in [0.25, 0.3) is 0 Å². The molecule has 2 fully saturated rings. The minimum Gasteiger partial charge on any atom is -0.393 e. The SMILES string of the molecule is OC(CNCC1CCC(O)C1)COCC1CCCO1. The Balaban J connectivity index is 1.44. The Morgan fingerprint density at radius 3 is 2.89 bits per heavy atom. The number of aliphatic hydroxyl groups excluding tert-OH is 2. The monoisotopic (exact) mass is 273 g/mol. The zero-order valence-electron chi connectivity index (χ0n) is 11.6. The molecule has 19 heavy (non-hydrogen) atoms. The van der Waals surface area contributed by atoms with Crippen LogP contribution in [0.5, 0.6) is 0 Å². The maximum atomic E-state index is 9.77. The number of hydrogen-bond donors (Lipinski definition) is 3. The van der Waals surface area contributed by atoms with Gasteiger partial charge in [-0.05, 0) is 44.6 Å². The summed E-state index contributed by atoms with van der Waals surface area (Å²) >= 11 is 0. The first-order valence-electron chi connectivity index (χ1n) is 7.50. The van der Waals surface area contributed by atoms with Crippen molar-refractivity contribution in [2.24, 2.45) is 5.92 Å². The lowest BCUT2D eigenvalue weighted by Crippen LogP contribution is -2.34. The van der Waals surface area contributed by atoms with Gasteiger partial charge in [0, 0.05) is 13.2 Å². The average molecular weight is 273 g/mol. The molecule has 1 heterocycles. The first-order valence-corrected chi connectivity index (χ1v) is 7.50. The van der Waals surface area contributed by atoms with Crippen molar-refractivity contribution < 1.29 is 19.7 Å². The predicted octanol–water partition coefficient (Wildman–Crippen LogP) is 0.294. The molecule has 4 atom stereocenters. The number of aliphatic hydroxyl groups is 2. The number of rotatable bonds is 8. The van der Waals surface area contributed by atoms with Gasteiger partial charge in [-0.2, -0.15) is 0 Å². The summed E-state index contributed by atoms with van der Waals surface area (Å²) in [5, 5.41) is 22.4. The standard InChI is InChI=1S/C14H27NO4/c16-12-4-3-11(6-12)7-15-8-13(17)9-18-10-14-2-1-5-19-14/h11-17H,1-10H2. The van der Waals surface area contributed by atoms with Crippen LogP contribution in [0.15, 0.2) is 0 Å². The van der Waals surface area contributed by atoms with Crippen molar-refractivity contribution in [2.45, 2.75) is 50.4 Å². The van der Waals surface area contributed by atoms with Gasteiger partial charge in [0.1, 0.15) is 0 Å². The molecule has 0 spiro atoms. The van der Waals surface area contributed by atoms with E-state index < -0.39 is 6.10 Å². The largest absolute Gasteiger partial charge is 0.393 e. The van der Waals surface area contributed by atoms with E-state index in [1.807, 2.05) is 0 Å². The third-order valence-corrected chi connectivity index (χ3v) is 3.96. The van der Waals surface area contributed by atoms with Crippen molar-refractivity contribution in [2.75, 3.05) is 32.9 Å². The Labute approximate surface area is 115 Å². The number of ether oxygens (including phenoxy) is 2. The molecular formula is C14H27NO4. The molecule has 2 rings (SSSR count). The molecule has 5 nitrogen and oxygen atoms in total. The maximum Gasteiger partial charge on any atom is 0.0897 e. The second-order valence-corrected chi connectivity index (χ2v) is 5.82. The van der Waals surface area contributed by atoms with Crippen molar-refractivity contribution in [1.82, 2.24) is 5.32 Å². The Hall–Kier alpha value is -0.200. The van der Waals surface area contributed by atoms with Crippen LogP contribution in [0, 0.1) is 5.92 Å². The van der Waals surface area contributed by atoms with E-state index in [4.69, 9.17) is 9.47 Å². The summed E-state index contributed by atoms with van der Waals surface area (Å²) in [7, 11) is 0. The Morgan fingerprint density at radius 2 is 2.21 bits per heavy atom. The van der Waals surface area contributed by atoms with Crippen LogP contribution < -0.4 is 5.32 Å². The van der Waals surface area contributed by atoms with Crippen molar-refractivity contribution >= 4 is 0 Å². The molecule has 0 bridgehead atoms. The van der Waals surface area contributed by atoms with Crippen molar-refractivity contribution in [3.05, 3.63) is 0 Å². The van der Waals surface area contributed by atoms with Crippen LogP contribution >= 0.6 is 0 Å². The molecule has 0 amide bonds. The van der Waals surface area contributed by atoms with Gasteiger partial charge in [0.05, 0.1) is 31.5 Å². The van der Waals surface area contributed by atoms with Gasteiger partial charge in [-0.3, -0.25) is 0 Å². The van der Waals surface area contributed by atoms with E-state index in [0.717, 1.165) is 45.3 Å². The highest BCUT2D eigenvalue weighted by Gasteiger charge is 2.22. The molecule has 5 heteroatoms. The van der Waals surface area contributed by atoms with Gasteiger partial charge in [-0.15, -0.1) is 0 Å². The van der Waals surface area contributed by atoms with E-state index in [1.54, 1.807) is 0 Å². The van der Waals surface area contributed by atoms with Gasteiger partial charge < -0.3 is 25.0 Å². The Morgan fingerprint density at radius 1 is 1.32 bits per heavy atom. The third kappa shape index (κ3) is 5.75. The van der Waals surface area contributed by atoms with Crippen LogP contribution in [0.1, 0.15) is 32.1 Å². The summed E-state index contributed by atoms with van der Waals surface area (Å²) in [5.41, 5.74) is 0. The molecule has 1 aliphatic carbocycles. The minimum absolute atomic E-state index is 0.119. The van der Waals surface area contributed by atoms with Gasteiger partial charge in [0.15, 0.2) is 0 Å². The summed E-state index contributed by atoms with van der Waals surface area (Å²) in [6.45, 7) is 3.22. The van der Waals surface area contributed by atoms with Crippen LogP contribution in [-0.2, 0) is 9.47 Å². The second-order valence-electron chi connectivity index (χ2n) is 5.82. The normalized spacial score (nSPS) is 32.8. The molecule has 1 saturated heterocycles. The van der Waals surface area contributed by atoms with Crippen molar-refractivity contribution in [3.63, 3.8) is 0 Å². The van der Waals surface area contributed by atoms with E-state index in [0.29, 0.717) is 25.7 Å². The fourth-order valence-electron chi connectivity index (χ4n) is 2.86. The molecule has 0 radical (unpaired) electrons. The molecule has 0 aromatic heterocycles. The summed E-state index contributed by atoms with van der Waals surface area (Å²) in [6.07, 6.45) is 4.71. The van der Waals surface area contributed by atoms with Gasteiger partial charge in [-0.25, -0.2) is 0 Å². The summed E-state index contributed by atoms with van der Waals surface area (Å²) in [5.74, 6) is 0.551. The molecule has 0 aromatic carbocycles. The minimum atomic E-state index is -0.465. The fraction of sp³-hybridized carbons (Fsp3) is 1.00. The molecule has 1 aliphatic heterocycles. The third-order valence-electron chi connectivity index (χ3n) is 3.96. The highest BCUT2D eigenvalue weighted by molar-refractivity contribution is 4.76. The molecular weight excluding hydrogens is 246 g/mol.